The van der Waals surface area contributed by atoms with Gasteiger partial charge in [0, 0.05) is 26.1 Å². The standard InChI is InChI=1S/C25H37NO3/c1-4-5-18-27-20-21-28-19-17-26(3)16-15-25(23-9-7-6-8-10-23)29-24-13-11-22(2)12-14-24/h6-14,25H,4-5,15-21H2,1-3H3. The number of aryl methyl sites for hydroxylation is 1. The summed E-state index contributed by atoms with van der Waals surface area (Å²) in [6.07, 6.45) is 3.25. The molecular formula is C25H37NO3. The number of unbranched alkanes of at least 4 members (excludes halogenated alkanes) is 1. The molecule has 0 aliphatic carbocycles. The highest BCUT2D eigenvalue weighted by atomic mass is 16.5. The lowest BCUT2D eigenvalue weighted by Gasteiger charge is -2.23. The van der Waals surface area contributed by atoms with Crippen LogP contribution in [0.3, 0.4) is 0 Å². The zero-order valence-electron chi connectivity index (χ0n) is 18.3. The fourth-order valence-electron chi connectivity index (χ4n) is 2.98. The molecule has 0 bridgehead atoms. The molecule has 0 saturated carbocycles. The monoisotopic (exact) mass is 399 g/mol. The molecule has 2 aromatic carbocycles. The molecule has 0 aliphatic rings. The molecule has 0 aromatic heterocycles. The predicted molar refractivity (Wildman–Crippen MR) is 120 cm³/mol. The second-order valence-electron chi connectivity index (χ2n) is 7.50. The van der Waals surface area contributed by atoms with Gasteiger partial charge in [0.1, 0.15) is 11.9 Å². The third-order valence-electron chi connectivity index (χ3n) is 4.88. The smallest absolute Gasteiger partial charge is 0.125 e. The van der Waals surface area contributed by atoms with E-state index in [0.717, 1.165) is 44.9 Å². The SMILES string of the molecule is CCCCOCCOCCN(C)CCC(Oc1ccc(C)cc1)c1ccccc1. The molecule has 0 fully saturated rings. The summed E-state index contributed by atoms with van der Waals surface area (Å²) in [4.78, 5) is 2.30. The quantitative estimate of drug-likeness (QED) is 0.382. The van der Waals surface area contributed by atoms with Crippen molar-refractivity contribution in [1.29, 1.82) is 0 Å². The van der Waals surface area contributed by atoms with Crippen LogP contribution in [0.15, 0.2) is 54.6 Å². The number of hydrogen-bond donors (Lipinski definition) is 0. The van der Waals surface area contributed by atoms with Crippen molar-refractivity contribution in [2.24, 2.45) is 0 Å². The molecule has 0 N–H and O–H groups in total. The number of likely N-dealkylation sites (N-methyl/N-ethyl adjacent to an activating group) is 1. The summed E-state index contributed by atoms with van der Waals surface area (Å²) in [5, 5.41) is 0. The summed E-state index contributed by atoms with van der Waals surface area (Å²) in [7, 11) is 2.13. The van der Waals surface area contributed by atoms with Gasteiger partial charge in [-0.3, -0.25) is 0 Å². The Kier molecular flexibility index (Phi) is 11.4. The van der Waals surface area contributed by atoms with Gasteiger partial charge in [0.2, 0.25) is 0 Å². The van der Waals surface area contributed by atoms with Crippen molar-refractivity contribution in [2.45, 2.75) is 39.2 Å². The van der Waals surface area contributed by atoms with E-state index in [1.807, 2.05) is 18.2 Å². The van der Waals surface area contributed by atoms with Crippen molar-refractivity contribution in [2.75, 3.05) is 46.6 Å². The van der Waals surface area contributed by atoms with Gasteiger partial charge in [0.25, 0.3) is 0 Å². The maximum atomic E-state index is 6.32. The molecule has 0 amide bonds. The van der Waals surface area contributed by atoms with Gasteiger partial charge in [-0.1, -0.05) is 61.4 Å². The lowest BCUT2D eigenvalue weighted by Crippen LogP contribution is -2.27. The molecule has 4 heteroatoms. The Morgan fingerprint density at radius 2 is 1.52 bits per heavy atom. The molecule has 4 nitrogen and oxygen atoms in total. The van der Waals surface area contributed by atoms with Crippen LogP contribution in [0.4, 0.5) is 0 Å². The minimum absolute atomic E-state index is 0.0363. The Bertz CT molecular complexity index is 645. The largest absolute Gasteiger partial charge is 0.486 e. The van der Waals surface area contributed by atoms with Crippen LogP contribution in [0.2, 0.25) is 0 Å². The Morgan fingerprint density at radius 3 is 2.21 bits per heavy atom. The van der Waals surface area contributed by atoms with Gasteiger partial charge in [-0.2, -0.15) is 0 Å². The molecular weight excluding hydrogens is 362 g/mol. The van der Waals surface area contributed by atoms with Gasteiger partial charge in [-0.15, -0.1) is 0 Å². The summed E-state index contributed by atoms with van der Waals surface area (Å²) in [6.45, 7) is 9.02. The third-order valence-corrected chi connectivity index (χ3v) is 4.88. The van der Waals surface area contributed by atoms with Crippen LogP contribution in [0, 0.1) is 6.92 Å². The molecule has 0 saturated heterocycles. The lowest BCUT2D eigenvalue weighted by atomic mass is 10.1. The molecule has 160 valence electrons. The molecule has 0 heterocycles. The second kappa shape index (κ2) is 14.2. The van der Waals surface area contributed by atoms with Crippen molar-refractivity contribution in [3.8, 4) is 5.75 Å². The molecule has 1 atom stereocenters. The van der Waals surface area contributed by atoms with Crippen LogP contribution in [0.5, 0.6) is 5.75 Å². The molecule has 2 aromatic rings. The first-order chi connectivity index (χ1) is 14.2. The lowest BCUT2D eigenvalue weighted by molar-refractivity contribution is 0.0390. The highest BCUT2D eigenvalue weighted by molar-refractivity contribution is 5.28. The number of benzene rings is 2. The Hall–Kier alpha value is -1.88. The average molecular weight is 400 g/mol. The van der Waals surface area contributed by atoms with Crippen LogP contribution >= 0.6 is 0 Å². The van der Waals surface area contributed by atoms with Gasteiger partial charge in [0.05, 0.1) is 19.8 Å². The van der Waals surface area contributed by atoms with E-state index in [2.05, 4.69) is 62.2 Å². The van der Waals surface area contributed by atoms with Crippen molar-refractivity contribution in [1.82, 2.24) is 4.90 Å². The highest BCUT2D eigenvalue weighted by Crippen LogP contribution is 2.25. The first-order valence-electron chi connectivity index (χ1n) is 10.8. The summed E-state index contributed by atoms with van der Waals surface area (Å²) in [5.41, 5.74) is 2.45. The maximum Gasteiger partial charge on any atom is 0.125 e. The number of ether oxygens (including phenoxy) is 3. The summed E-state index contributed by atoms with van der Waals surface area (Å²) in [6, 6.07) is 18.7. The fraction of sp³-hybridized carbons (Fsp3) is 0.520. The first kappa shape index (κ1) is 23.4. The predicted octanol–water partition coefficient (Wildman–Crippen LogP) is 5.27. The van der Waals surface area contributed by atoms with Crippen LogP contribution in [-0.4, -0.2) is 51.5 Å². The van der Waals surface area contributed by atoms with E-state index in [0.29, 0.717) is 13.2 Å². The van der Waals surface area contributed by atoms with E-state index in [1.54, 1.807) is 0 Å². The third kappa shape index (κ3) is 9.93. The Balaban J connectivity index is 1.73. The van der Waals surface area contributed by atoms with Crippen LogP contribution in [0.25, 0.3) is 0 Å². The van der Waals surface area contributed by atoms with Crippen LogP contribution in [-0.2, 0) is 9.47 Å². The molecule has 0 spiro atoms. The van der Waals surface area contributed by atoms with E-state index < -0.39 is 0 Å². The van der Waals surface area contributed by atoms with E-state index in [-0.39, 0.29) is 6.10 Å². The van der Waals surface area contributed by atoms with Crippen molar-refractivity contribution < 1.29 is 14.2 Å². The fourth-order valence-corrected chi connectivity index (χ4v) is 2.98. The zero-order valence-corrected chi connectivity index (χ0v) is 18.3. The zero-order chi connectivity index (χ0) is 20.7. The molecule has 0 radical (unpaired) electrons. The van der Waals surface area contributed by atoms with Crippen molar-refractivity contribution in [3.63, 3.8) is 0 Å². The number of rotatable bonds is 15. The summed E-state index contributed by atoms with van der Waals surface area (Å²) >= 11 is 0. The Morgan fingerprint density at radius 1 is 0.828 bits per heavy atom. The van der Waals surface area contributed by atoms with Gasteiger partial charge in [-0.25, -0.2) is 0 Å². The minimum atomic E-state index is 0.0363. The first-order valence-corrected chi connectivity index (χ1v) is 10.8. The van der Waals surface area contributed by atoms with Gasteiger partial charge in [-0.05, 0) is 38.1 Å². The average Bonchev–Trinajstić information content (AvgIpc) is 2.75. The van der Waals surface area contributed by atoms with Crippen LogP contribution in [0.1, 0.15) is 43.4 Å². The van der Waals surface area contributed by atoms with Crippen molar-refractivity contribution in [3.05, 3.63) is 65.7 Å². The van der Waals surface area contributed by atoms with Gasteiger partial charge < -0.3 is 19.1 Å². The molecule has 29 heavy (non-hydrogen) atoms. The number of hydrogen-bond acceptors (Lipinski definition) is 4. The van der Waals surface area contributed by atoms with E-state index in [4.69, 9.17) is 14.2 Å². The normalized spacial score (nSPS) is 12.3. The molecule has 1 unspecified atom stereocenters. The summed E-state index contributed by atoms with van der Waals surface area (Å²) < 4.78 is 17.5. The molecule has 0 aliphatic heterocycles. The van der Waals surface area contributed by atoms with Crippen molar-refractivity contribution >= 4 is 0 Å². The second-order valence-corrected chi connectivity index (χ2v) is 7.50. The highest BCUT2D eigenvalue weighted by Gasteiger charge is 2.14. The molecule has 2 rings (SSSR count). The van der Waals surface area contributed by atoms with Gasteiger partial charge >= 0.3 is 0 Å². The van der Waals surface area contributed by atoms with E-state index in [1.165, 1.54) is 17.5 Å². The van der Waals surface area contributed by atoms with E-state index in [9.17, 15) is 0 Å². The van der Waals surface area contributed by atoms with Crippen LogP contribution < -0.4 is 4.74 Å². The van der Waals surface area contributed by atoms with Gasteiger partial charge in [0.15, 0.2) is 0 Å². The number of nitrogens with zero attached hydrogens (tertiary/aromatic N) is 1. The Labute approximate surface area is 176 Å². The summed E-state index contributed by atoms with van der Waals surface area (Å²) in [5.74, 6) is 0.915. The van der Waals surface area contributed by atoms with E-state index >= 15 is 0 Å². The minimum Gasteiger partial charge on any atom is -0.486 e. The topological polar surface area (TPSA) is 30.9 Å². The maximum absolute atomic E-state index is 6.32.